The molecule has 0 fully saturated rings. The van der Waals surface area contributed by atoms with Gasteiger partial charge in [-0.05, 0) is 97.0 Å². The number of para-hydroxylation sites is 1. The first-order valence-corrected chi connectivity index (χ1v) is 17.5. The van der Waals surface area contributed by atoms with Crippen molar-refractivity contribution < 1.29 is 14.3 Å². The molecule has 0 saturated carbocycles. The fourth-order valence-corrected chi connectivity index (χ4v) is 7.49. The summed E-state index contributed by atoms with van der Waals surface area (Å²) in [5.41, 5.74) is 8.33. The van der Waals surface area contributed by atoms with Gasteiger partial charge in [0.2, 0.25) is 0 Å². The summed E-state index contributed by atoms with van der Waals surface area (Å²) in [6.07, 6.45) is 2.32. The molecule has 0 bridgehead atoms. The number of carbonyl (C=O) groups excluding carboxylic acids is 1. The molecule has 3 heterocycles. The molecule has 0 radical (unpaired) electrons. The van der Waals surface area contributed by atoms with Crippen LogP contribution < -0.4 is 9.64 Å². The normalized spacial score (nSPS) is 13.1. The smallest absolute Gasteiger partial charge is 0.355 e. The molecule has 1 aliphatic rings. The van der Waals surface area contributed by atoms with Gasteiger partial charge in [0, 0.05) is 51.3 Å². The molecule has 0 unspecified atom stereocenters. The van der Waals surface area contributed by atoms with Gasteiger partial charge < -0.3 is 18.9 Å². The first-order valence-electron chi connectivity index (χ1n) is 16.4. The Kier molecular flexibility index (Phi) is 8.94. The Hall–Kier alpha value is -4.31. The number of aryl methyl sites for hydroxylation is 4. The lowest BCUT2D eigenvalue weighted by molar-refractivity contribution is 0.0512. The standard InChI is InChI=1S/C39H39IN4O3/c1-4-46-39(45)38-32(16-9-24-47-35-17-7-12-27-11-5-6-13-30(27)35)31-14-8-15-33-36-26(2)41-42(3)34(36)25-43(22-10-23-44(38)37(31)33)29-20-18-28(40)19-21-29/h5-8,11-15,17-21H,4,9-10,16,22-25H2,1-3H3. The monoisotopic (exact) mass is 738 g/mol. The van der Waals surface area contributed by atoms with E-state index in [0.717, 1.165) is 81.4 Å². The van der Waals surface area contributed by atoms with Gasteiger partial charge >= 0.3 is 5.97 Å². The molecule has 1 aliphatic heterocycles. The predicted octanol–water partition coefficient (Wildman–Crippen LogP) is 8.71. The van der Waals surface area contributed by atoms with E-state index in [-0.39, 0.29) is 5.97 Å². The molecule has 240 valence electrons. The maximum absolute atomic E-state index is 13.8. The van der Waals surface area contributed by atoms with E-state index in [4.69, 9.17) is 14.6 Å². The Bertz CT molecular complexity index is 2070. The summed E-state index contributed by atoms with van der Waals surface area (Å²) in [5, 5.41) is 8.28. The Balaban J connectivity index is 1.30. The van der Waals surface area contributed by atoms with E-state index in [1.165, 1.54) is 9.26 Å². The minimum absolute atomic E-state index is 0.269. The summed E-state index contributed by atoms with van der Waals surface area (Å²) >= 11 is 2.35. The van der Waals surface area contributed by atoms with Gasteiger partial charge in [-0.1, -0.05) is 54.6 Å². The van der Waals surface area contributed by atoms with E-state index in [1.54, 1.807) is 0 Å². The third-order valence-electron chi connectivity index (χ3n) is 9.19. The summed E-state index contributed by atoms with van der Waals surface area (Å²) in [7, 11) is 2.04. The van der Waals surface area contributed by atoms with Gasteiger partial charge in [-0.2, -0.15) is 5.10 Å². The maximum atomic E-state index is 13.8. The number of carbonyl (C=O) groups is 1. The number of fused-ring (bicyclic) bond motifs is 3. The van der Waals surface area contributed by atoms with Gasteiger partial charge in [-0.3, -0.25) is 4.68 Å². The average molecular weight is 739 g/mol. The fraction of sp³-hybridized carbons (Fsp3) is 0.282. The fourth-order valence-electron chi connectivity index (χ4n) is 7.13. The summed E-state index contributed by atoms with van der Waals surface area (Å²) in [5.74, 6) is 0.614. The molecule has 0 aliphatic carbocycles. The van der Waals surface area contributed by atoms with Crippen molar-refractivity contribution in [1.29, 1.82) is 0 Å². The number of hydrogen-bond donors (Lipinski definition) is 0. The highest BCUT2D eigenvalue weighted by Crippen LogP contribution is 2.40. The molecular formula is C39H39IN4O3. The zero-order chi connectivity index (χ0) is 32.5. The second-order valence-electron chi connectivity index (χ2n) is 12.1. The van der Waals surface area contributed by atoms with E-state index in [1.807, 2.05) is 42.9 Å². The predicted molar refractivity (Wildman–Crippen MR) is 197 cm³/mol. The summed E-state index contributed by atoms with van der Waals surface area (Å²) in [6.45, 7) is 7.10. The van der Waals surface area contributed by atoms with E-state index >= 15 is 0 Å². The largest absolute Gasteiger partial charge is 0.493 e. The van der Waals surface area contributed by atoms with Crippen molar-refractivity contribution >= 4 is 55.9 Å². The Morgan fingerprint density at radius 2 is 1.70 bits per heavy atom. The number of ether oxygens (including phenoxy) is 2. The zero-order valence-electron chi connectivity index (χ0n) is 27.1. The third-order valence-corrected chi connectivity index (χ3v) is 9.91. The minimum Gasteiger partial charge on any atom is -0.493 e. The second kappa shape index (κ2) is 13.4. The molecule has 8 heteroatoms. The van der Waals surface area contributed by atoms with E-state index in [9.17, 15) is 4.79 Å². The van der Waals surface area contributed by atoms with Gasteiger partial charge in [0.1, 0.15) is 11.4 Å². The first kappa shape index (κ1) is 31.3. The van der Waals surface area contributed by atoms with Crippen molar-refractivity contribution in [2.75, 3.05) is 24.7 Å². The SMILES string of the molecule is CCOC(=O)c1c(CCCOc2cccc3ccccc23)c2cccc3c2n1CCCN(c1ccc(I)cc1)Cc1c-3c(C)nn1C. The minimum atomic E-state index is -0.269. The van der Waals surface area contributed by atoms with Crippen molar-refractivity contribution in [3.8, 4) is 16.9 Å². The second-order valence-corrected chi connectivity index (χ2v) is 13.4. The molecular weight excluding hydrogens is 699 g/mol. The van der Waals surface area contributed by atoms with Crippen LogP contribution in [-0.2, 0) is 31.3 Å². The number of nitrogens with zero attached hydrogens (tertiary/aromatic N) is 4. The molecule has 7 nitrogen and oxygen atoms in total. The third kappa shape index (κ3) is 5.99. The Morgan fingerprint density at radius 1 is 0.936 bits per heavy atom. The molecule has 0 atom stereocenters. The number of aromatic nitrogens is 3. The quantitative estimate of drug-likeness (QED) is 0.0889. The van der Waals surface area contributed by atoms with Gasteiger partial charge in [-0.15, -0.1) is 0 Å². The molecule has 0 N–H and O–H groups in total. The van der Waals surface area contributed by atoms with Gasteiger partial charge in [0.05, 0.1) is 36.7 Å². The molecule has 0 amide bonds. The highest BCUT2D eigenvalue weighted by atomic mass is 127. The Labute approximate surface area is 289 Å². The molecule has 4 aromatic carbocycles. The number of rotatable bonds is 8. The number of esters is 1. The summed E-state index contributed by atoms with van der Waals surface area (Å²) in [6, 6.07) is 29.6. The number of hydrogen-bond acceptors (Lipinski definition) is 5. The van der Waals surface area contributed by atoms with Gasteiger partial charge in [0.15, 0.2) is 0 Å². The van der Waals surface area contributed by atoms with Crippen molar-refractivity contribution in [3.05, 3.63) is 111 Å². The van der Waals surface area contributed by atoms with E-state index < -0.39 is 0 Å². The Morgan fingerprint density at radius 3 is 2.53 bits per heavy atom. The van der Waals surface area contributed by atoms with Crippen LogP contribution in [0, 0.1) is 10.5 Å². The summed E-state index contributed by atoms with van der Waals surface area (Å²) in [4.78, 5) is 16.3. The lowest BCUT2D eigenvalue weighted by Crippen LogP contribution is -2.27. The molecule has 0 saturated heterocycles. The van der Waals surface area contributed by atoms with Crippen molar-refractivity contribution in [3.63, 3.8) is 0 Å². The van der Waals surface area contributed by atoms with Crippen LogP contribution in [-0.4, -0.2) is 40.1 Å². The van der Waals surface area contributed by atoms with Crippen LogP contribution in [0.5, 0.6) is 5.75 Å². The van der Waals surface area contributed by atoms with Crippen LogP contribution in [0.1, 0.15) is 47.2 Å². The van der Waals surface area contributed by atoms with E-state index in [2.05, 4.69) is 99.6 Å². The average Bonchev–Trinajstić information content (AvgIpc) is 3.55. The molecule has 6 aromatic rings. The van der Waals surface area contributed by atoms with Crippen molar-refractivity contribution in [1.82, 2.24) is 14.3 Å². The van der Waals surface area contributed by atoms with Crippen molar-refractivity contribution in [2.45, 2.75) is 46.2 Å². The van der Waals surface area contributed by atoms with E-state index in [0.29, 0.717) is 31.9 Å². The first-order chi connectivity index (χ1) is 22.9. The van der Waals surface area contributed by atoms with Crippen LogP contribution in [0.25, 0.3) is 32.8 Å². The maximum Gasteiger partial charge on any atom is 0.355 e. The highest BCUT2D eigenvalue weighted by Gasteiger charge is 2.29. The van der Waals surface area contributed by atoms with Crippen LogP contribution in [0.4, 0.5) is 5.69 Å². The molecule has 47 heavy (non-hydrogen) atoms. The van der Waals surface area contributed by atoms with Crippen LogP contribution in [0.3, 0.4) is 0 Å². The number of anilines is 1. The van der Waals surface area contributed by atoms with Crippen LogP contribution in [0.15, 0.2) is 84.9 Å². The topological polar surface area (TPSA) is 61.5 Å². The highest BCUT2D eigenvalue weighted by molar-refractivity contribution is 14.1. The molecule has 2 aromatic heterocycles. The van der Waals surface area contributed by atoms with Gasteiger partial charge in [0.25, 0.3) is 0 Å². The van der Waals surface area contributed by atoms with Crippen LogP contribution in [0.2, 0.25) is 0 Å². The van der Waals surface area contributed by atoms with Crippen molar-refractivity contribution in [2.24, 2.45) is 7.05 Å². The lowest BCUT2D eigenvalue weighted by Gasteiger charge is -2.27. The number of benzene rings is 4. The summed E-state index contributed by atoms with van der Waals surface area (Å²) < 4.78 is 17.5. The zero-order valence-corrected chi connectivity index (χ0v) is 29.3. The molecule has 7 rings (SSSR count). The van der Waals surface area contributed by atoms with Crippen LogP contribution >= 0.6 is 22.6 Å². The lowest BCUT2D eigenvalue weighted by atomic mass is 9.97. The van der Waals surface area contributed by atoms with Gasteiger partial charge in [-0.25, -0.2) is 4.79 Å². The number of halogens is 1. The molecule has 0 spiro atoms.